The van der Waals surface area contributed by atoms with Gasteiger partial charge < -0.3 is 15.9 Å². The van der Waals surface area contributed by atoms with Crippen LogP contribution < -0.4 is 5.73 Å². The second kappa shape index (κ2) is 6.06. The van der Waals surface area contributed by atoms with Crippen LogP contribution in [-0.2, 0) is 0 Å². The smallest absolute Gasteiger partial charge is 0.336 e. The summed E-state index contributed by atoms with van der Waals surface area (Å²) >= 11 is 1.43. The first-order chi connectivity index (χ1) is 8.52. The molecule has 1 aromatic heterocycles. The first-order valence-corrected chi connectivity index (χ1v) is 6.25. The maximum atomic E-state index is 11.2. The molecule has 2 aromatic rings. The van der Waals surface area contributed by atoms with Crippen molar-refractivity contribution in [1.82, 2.24) is 0 Å². The molecule has 4 N–H and O–H groups in total. The molecule has 0 unspecified atom stereocenters. The van der Waals surface area contributed by atoms with Crippen molar-refractivity contribution in [3.8, 4) is 5.75 Å². The standard InChI is InChI=1S/C13H13NO3S.ClH/c1-7-4-5-8(13(16)17)10(12(7)15)11(14)9-3-2-6-18-9;/h2-6,11,15H,14H2,1H3,(H,16,17);1H/t11-;/m1./s1. The van der Waals surface area contributed by atoms with Crippen molar-refractivity contribution >= 4 is 29.7 Å². The zero-order chi connectivity index (χ0) is 13.3. The molecule has 0 spiro atoms. The minimum Gasteiger partial charge on any atom is -0.507 e. The van der Waals surface area contributed by atoms with Crippen LogP contribution in [0.4, 0.5) is 0 Å². The zero-order valence-electron chi connectivity index (χ0n) is 10.2. The van der Waals surface area contributed by atoms with Gasteiger partial charge in [-0.2, -0.15) is 0 Å². The monoisotopic (exact) mass is 299 g/mol. The van der Waals surface area contributed by atoms with Crippen molar-refractivity contribution in [3.05, 3.63) is 51.2 Å². The largest absolute Gasteiger partial charge is 0.507 e. The molecular formula is C13H14ClNO3S. The van der Waals surface area contributed by atoms with Gasteiger partial charge in [0.1, 0.15) is 5.75 Å². The number of thiophene rings is 1. The van der Waals surface area contributed by atoms with Crippen molar-refractivity contribution in [2.45, 2.75) is 13.0 Å². The van der Waals surface area contributed by atoms with Crippen LogP contribution >= 0.6 is 23.7 Å². The number of aromatic hydroxyl groups is 1. The lowest BCUT2D eigenvalue weighted by atomic mass is 9.96. The Morgan fingerprint density at radius 1 is 1.37 bits per heavy atom. The predicted molar refractivity (Wildman–Crippen MR) is 77.4 cm³/mol. The number of carboxylic acid groups (broad SMARTS) is 1. The van der Waals surface area contributed by atoms with Crippen LogP contribution in [-0.4, -0.2) is 16.2 Å². The Hall–Kier alpha value is -1.56. The van der Waals surface area contributed by atoms with E-state index < -0.39 is 12.0 Å². The summed E-state index contributed by atoms with van der Waals surface area (Å²) in [5, 5.41) is 21.1. The summed E-state index contributed by atoms with van der Waals surface area (Å²) < 4.78 is 0. The fourth-order valence-electron chi connectivity index (χ4n) is 1.83. The number of rotatable bonds is 3. The summed E-state index contributed by atoms with van der Waals surface area (Å²) in [6.45, 7) is 1.71. The molecule has 19 heavy (non-hydrogen) atoms. The number of phenolic OH excluding ortho intramolecular Hbond substituents is 1. The number of carboxylic acids is 1. The highest BCUT2D eigenvalue weighted by molar-refractivity contribution is 7.10. The molecule has 1 heterocycles. The van der Waals surface area contributed by atoms with E-state index in [0.29, 0.717) is 5.56 Å². The van der Waals surface area contributed by atoms with E-state index in [-0.39, 0.29) is 29.3 Å². The normalized spacial score (nSPS) is 11.7. The summed E-state index contributed by atoms with van der Waals surface area (Å²) in [6.07, 6.45) is 0. The van der Waals surface area contributed by atoms with Gasteiger partial charge in [0.25, 0.3) is 0 Å². The van der Waals surface area contributed by atoms with E-state index >= 15 is 0 Å². The molecule has 1 aromatic carbocycles. The molecule has 0 radical (unpaired) electrons. The van der Waals surface area contributed by atoms with Crippen LogP contribution in [0, 0.1) is 6.92 Å². The zero-order valence-corrected chi connectivity index (χ0v) is 11.8. The van der Waals surface area contributed by atoms with Gasteiger partial charge >= 0.3 is 5.97 Å². The average molecular weight is 300 g/mol. The molecule has 0 amide bonds. The number of nitrogens with two attached hydrogens (primary N) is 1. The van der Waals surface area contributed by atoms with Crippen molar-refractivity contribution in [3.63, 3.8) is 0 Å². The van der Waals surface area contributed by atoms with Crippen molar-refractivity contribution in [2.24, 2.45) is 5.73 Å². The lowest BCUT2D eigenvalue weighted by Crippen LogP contribution is -2.15. The van der Waals surface area contributed by atoms with E-state index in [9.17, 15) is 9.90 Å². The summed E-state index contributed by atoms with van der Waals surface area (Å²) in [4.78, 5) is 12.0. The quantitative estimate of drug-likeness (QED) is 0.813. The minimum atomic E-state index is -1.09. The Morgan fingerprint density at radius 2 is 2.05 bits per heavy atom. The van der Waals surface area contributed by atoms with Gasteiger partial charge in [-0.15, -0.1) is 23.7 Å². The topological polar surface area (TPSA) is 83.5 Å². The lowest BCUT2D eigenvalue weighted by Gasteiger charge is -2.16. The number of carbonyl (C=O) groups is 1. The highest BCUT2D eigenvalue weighted by atomic mass is 35.5. The maximum absolute atomic E-state index is 11.2. The highest BCUT2D eigenvalue weighted by Gasteiger charge is 2.23. The van der Waals surface area contributed by atoms with Crippen LogP contribution in [0.3, 0.4) is 0 Å². The van der Waals surface area contributed by atoms with Gasteiger partial charge in [0.2, 0.25) is 0 Å². The van der Waals surface area contributed by atoms with Gasteiger partial charge in [-0.05, 0) is 30.0 Å². The van der Waals surface area contributed by atoms with Crippen molar-refractivity contribution in [1.29, 1.82) is 0 Å². The Balaban J connectivity index is 0.00000180. The van der Waals surface area contributed by atoms with E-state index in [2.05, 4.69) is 0 Å². The minimum absolute atomic E-state index is 0. The molecule has 2 rings (SSSR count). The van der Waals surface area contributed by atoms with Gasteiger partial charge in [-0.3, -0.25) is 0 Å². The van der Waals surface area contributed by atoms with Crippen LogP contribution in [0.15, 0.2) is 29.6 Å². The molecule has 0 bridgehead atoms. The lowest BCUT2D eigenvalue weighted by molar-refractivity contribution is 0.0694. The average Bonchev–Trinajstić information content (AvgIpc) is 2.84. The number of aromatic carboxylic acids is 1. The van der Waals surface area contributed by atoms with Crippen LogP contribution in [0.2, 0.25) is 0 Å². The second-order valence-electron chi connectivity index (χ2n) is 3.99. The third-order valence-corrected chi connectivity index (χ3v) is 3.77. The highest BCUT2D eigenvalue weighted by Crippen LogP contribution is 2.34. The summed E-state index contributed by atoms with van der Waals surface area (Å²) in [5.74, 6) is -1.14. The number of halogens is 1. The van der Waals surface area contributed by atoms with E-state index in [1.54, 1.807) is 13.0 Å². The number of benzene rings is 1. The SMILES string of the molecule is Cc1ccc(C(=O)O)c([C@H](N)c2cccs2)c1O.Cl. The van der Waals surface area contributed by atoms with E-state index in [1.165, 1.54) is 17.4 Å². The Labute approximate surface area is 120 Å². The third-order valence-electron chi connectivity index (χ3n) is 2.81. The van der Waals surface area contributed by atoms with Crippen LogP contribution in [0.5, 0.6) is 5.75 Å². The Kier molecular flexibility index (Phi) is 4.94. The fraction of sp³-hybridized carbons (Fsp3) is 0.154. The molecule has 102 valence electrons. The fourth-order valence-corrected chi connectivity index (χ4v) is 2.56. The molecule has 6 heteroatoms. The first kappa shape index (κ1) is 15.5. The van der Waals surface area contributed by atoms with Gasteiger partial charge in [-0.1, -0.05) is 12.1 Å². The molecule has 0 saturated carbocycles. The van der Waals surface area contributed by atoms with E-state index in [1.807, 2.05) is 17.5 Å². The maximum Gasteiger partial charge on any atom is 0.336 e. The van der Waals surface area contributed by atoms with Crippen molar-refractivity contribution < 1.29 is 15.0 Å². The molecule has 0 aliphatic rings. The van der Waals surface area contributed by atoms with Crippen LogP contribution in [0.1, 0.15) is 32.4 Å². The van der Waals surface area contributed by atoms with E-state index in [0.717, 1.165) is 4.88 Å². The van der Waals surface area contributed by atoms with E-state index in [4.69, 9.17) is 10.8 Å². The van der Waals surface area contributed by atoms with Gasteiger partial charge in [-0.25, -0.2) is 4.79 Å². The molecule has 1 atom stereocenters. The summed E-state index contributed by atoms with van der Waals surface area (Å²) in [5.41, 5.74) is 6.98. The Bertz CT molecular complexity index is 584. The summed E-state index contributed by atoms with van der Waals surface area (Å²) in [7, 11) is 0. The van der Waals surface area contributed by atoms with Gasteiger partial charge in [0, 0.05) is 10.4 Å². The number of hydrogen-bond acceptors (Lipinski definition) is 4. The van der Waals surface area contributed by atoms with Crippen molar-refractivity contribution in [2.75, 3.05) is 0 Å². The molecule has 4 nitrogen and oxygen atoms in total. The van der Waals surface area contributed by atoms with Gasteiger partial charge in [0.05, 0.1) is 11.6 Å². The second-order valence-corrected chi connectivity index (χ2v) is 4.97. The first-order valence-electron chi connectivity index (χ1n) is 5.37. The number of aryl methyl sites for hydroxylation is 1. The number of hydrogen-bond donors (Lipinski definition) is 3. The Morgan fingerprint density at radius 3 is 2.58 bits per heavy atom. The third kappa shape index (κ3) is 2.89. The molecular weight excluding hydrogens is 286 g/mol. The predicted octanol–water partition coefficient (Wildman–Crippen LogP) is 2.93. The molecule has 0 aliphatic carbocycles. The molecule has 0 aliphatic heterocycles. The van der Waals surface area contributed by atoms with Crippen LogP contribution in [0.25, 0.3) is 0 Å². The molecule has 0 saturated heterocycles. The number of phenols is 1. The van der Waals surface area contributed by atoms with Gasteiger partial charge in [0.15, 0.2) is 0 Å². The molecule has 0 fully saturated rings. The summed E-state index contributed by atoms with van der Waals surface area (Å²) in [6, 6.07) is 6.08.